The van der Waals surface area contributed by atoms with Gasteiger partial charge >= 0.3 is 0 Å². The van der Waals surface area contributed by atoms with E-state index >= 15 is 0 Å². The van der Waals surface area contributed by atoms with Crippen LogP contribution in [0.25, 0.3) is 0 Å². The summed E-state index contributed by atoms with van der Waals surface area (Å²) in [6.45, 7) is 7.09. The lowest BCUT2D eigenvalue weighted by atomic mass is 10.4. The van der Waals surface area contributed by atoms with E-state index in [2.05, 4.69) is 21.8 Å². The van der Waals surface area contributed by atoms with Crippen LogP contribution in [0, 0.1) is 0 Å². The van der Waals surface area contributed by atoms with Gasteiger partial charge in [0.15, 0.2) is 0 Å². The molecule has 0 spiro atoms. The highest BCUT2D eigenvalue weighted by Crippen LogP contribution is 2.26. The molecule has 1 heterocycles. The number of rotatable bonds is 7. The first-order valence-electron chi connectivity index (χ1n) is 5.77. The molecule has 2 rings (SSSR count). The second-order valence-electron chi connectivity index (χ2n) is 4.19. The lowest BCUT2D eigenvalue weighted by Crippen LogP contribution is -2.30. The normalized spacial score (nSPS) is 15.6. The summed E-state index contributed by atoms with van der Waals surface area (Å²) in [5, 5.41) is 8.00. The van der Waals surface area contributed by atoms with Crippen molar-refractivity contribution in [2.45, 2.75) is 32.0 Å². The molecule has 1 aliphatic rings. The minimum Gasteiger partial charge on any atom is -0.325 e. The van der Waals surface area contributed by atoms with Crippen molar-refractivity contribution in [1.82, 2.24) is 19.9 Å². The lowest BCUT2D eigenvalue weighted by Gasteiger charge is -2.19. The van der Waals surface area contributed by atoms with Crippen molar-refractivity contribution < 1.29 is 0 Å². The van der Waals surface area contributed by atoms with Crippen LogP contribution in [0.2, 0.25) is 0 Å². The molecule has 1 aliphatic carbocycles. The van der Waals surface area contributed by atoms with E-state index in [-0.39, 0.29) is 0 Å². The Morgan fingerprint density at radius 1 is 1.62 bits per heavy atom. The number of nitrogens with two attached hydrogens (primary N) is 1. The molecule has 0 saturated heterocycles. The van der Waals surface area contributed by atoms with Crippen molar-refractivity contribution >= 4 is 0 Å². The van der Waals surface area contributed by atoms with Gasteiger partial charge in [0.1, 0.15) is 0 Å². The maximum atomic E-state index is 5.49. The molecule has 0 radical (unpaired) electrons. The van der Waals surface area contributed by atoms with Gasteiger partial charge in [0, 0.05) is 31.9 Å². The summed E-state index contributed by atoms with van der Waals surface area (Å²) in [5.74, 6) is 0. The van der Waals surface area contributed by atoms with Crippen LogP contribution in [0.15, 0.2) is 18.9 Å². The summed E-state index contributed by atoms with van der Waals surface area (Å²) in [6, 6.07) is 0.760. The molecule has 0 bridgehead atoms. The SMILES string of the molecule is C=CCN(CCn1cc(CN)nn1)C1CC1. The highest BCUT2D eigenvalue weighted by Gasteiger charge is 2.27. The number of nitrogens with zero attached hydrogens (tertiary/aromatic N) is 4. The Morgan fingerprint density at radius 3 is 3.00 bits per heavy atom. The Bertz CT molecular complexity index is 342. The average molecular weight is 221 g/mol. The lowest BCUT2D eigenvalue weighted by molar-refractivity contribution is 0.273. The fraction of sp³-hybridized carbons (Fsp3) is 0.636. The first kappa shape index (κ1) is 11.3. The van der Waals surface area contributed by atoms with Crippen LogP contribution in [0.4, 0.5) is 0 Å². The van der Waals surface area contributed by atoms with Crippen LogP contribution in [0.1, 0.15) is 18.5 Å². The average Bonchev–Trinajstić information content (AvgIpc) is 3.03. The second-order valence-corrected chi connectivity index (χ2v) is 4.19. The van der Waals surface area contributed by atoms with Gasteiger partial charge in [0.25, 0.3) is 0 Å². The Labute approximate surface area is 95.9 Å². The molecular formula is C11H19N5. The van der Waals surface area contributed by atoms with Crippen molar-refractivity contribution in [3.8, 4) is 0 Å². The molecule has 0 unspecified atom stereocenters. The van der Waals surface area contributed by atoms with Crippen LogP contribution in [-0.4, -0.2) is 39.0 Å². The third kappa shape index (κ3) is 2.90. The van der Waals surface area contributed by atoms with Gasteiger partial charge in [-0.25, -0.2) is 0 Å². The van der Waals surface area contributed by atoms with E-state index in [1.807, 2.05) is 17.0 Å². The molecule has 2 N–H and O–H groups in total. The third-order valence-corrected chi connectivity index (χ3v) is 2.84. The summed E-state index contributed by atoms with van der Waals surface area (Å²) >= 11 is 0. The Morgan fingerprint density at radius 2 is 2.44 bits per heavy atom. The Balaban J connectivity index is 1.82. The quantitative estimate of drug-likeness (QED) is 0.677. The summed E-state index contributed by atoms with van der Waals surface area (Å²) in [5.41, 5.74) is 6.33. The van der Waals surface area contributed by atoms with Gasteiger partial charge in [0.05, 0.1) is 12.2 Å². The Hall–Kier alpha value is -1.20. The molecule has 0 atom stereocenters. The predicted octanol–water partition coefficient (Wildman–Crippen LogP) is 0.387. The van der Waals surface area contributed by atoms with Gasteiger partial charge in [0.2, 0.25) is 0 Å². The van der Waals surface area contributed by atoms with Gasteiger partial charge in [-0.15, -0.1) is 11.7 Å². The third-order valence-electron chi connectivity index (χ3n) is 2.84. The zero-order chi connectivity index (χ0) is 11.4. The summed E-state index contributed by atoms with van der Waals surface area (Å²) < 4.78 is 1.86. The van der Waals surface area contributed by atoms with E-state index in [0.717, 1.165) is 31.4 Å². The summed E-state index contributed by atoms with van der Waals surface area (Å²) in [7, 11) is 0. The molecule has 1 aromatic rings. The number of hydrogen-bond acceptors (Lipinski definition) is 4. The van der Waals surface area contributed by atoms with Crippen LogP contribution in [0.5, 0.6) is 0 Å². The van der Waals surface area contributed by atoms with Crippen LogP contribution >= 0.6 is 0 Å². The van der Waals surface area contributed by atoms with Gasteiger partial charge in [-0.2, -0.15) is 0 Å². The largest absolute Gasteiger partial charge is 0.325 e. The first-order valence-corrected chi connectivity index (χ1v) is 5.77. The van der Waals surface area contributed by atoms with Crippen molar-refractivity contribution in [3.63, 3.8) is 0 Å². The minimum absolute atomic E-state index is 0.457. The molecule has 5 nitrogen and oxygen atoms in total. The molecule has 0 aromatic carbocycles. The molecular weight excluding hydrogens is 202 g/mol. The fourth-order valence-electron chi connectivity index (χ4n) is 1.80. The molecule has 0 amide bonds. The molecule has 16 heavy (non-hydrogen) atoms. The predicted molar refractivity (Wildman–Crippen MR) is 62.7 cm³/mol. The topological polar surface area (TPSA) is 60.0 Å². The standard InChI is InChI=1S/C11H19N5/c1-2-5-15(11-3-4-11)6-7-16-9-10(8-12)13-14-16/h2,9,11H,1,3-8,12H2. The van der Waals surface area contributed by atoms with E-state index < -0.39 is 0 Å². The summed E-state index contributed by atoms with van der Waals surface area (Å²) in [4.78, 5) is 2.44. The van der Waals surface area contributed by atoms with E-state index in [1.165, 1.54) is 12.8 Å². The molecule has 5 heteroatoms. The number of aromatic nitrogens is 3. The highest BCUT2D eigenvalue weighted by atomic mass is 15.4. The van der Waals surface area contributed by atoms with Crippen molar-refractivity contribution in [3.05, 3.63) is 24.5 Å². The van der Waals surface area contributed by atoms with Crippen molar-refractivity contribution in [2.24, 2.45) is 5.73 Å². The minimum atomic E-state index is 0.457. The van der Waals surface area contributed by atoms with E-state index in [4.69, 9.17) is 5.73 Å². The van der Waals surface area contributed by atoms with Gasteiger partial charge in [-0.05, 0) is 12.8 Å². The molecule has 1 aromatic heterocycles. The molecule has 1 fully saturated rings. The van der Waals surface area contributed by atoms with E-state index in [1.54, 1.807) is 0 Å². The highest BCUT2D eigenvalue weighted by molar-refractivity contribution is 4.91. The van der Waals surface area contributed by atoms with Crippen LogP contribution in [0.3, 0.4) is 0 Å². The van der Waals surface area contributed by atoms with Gasteiger partial charge < -0.3 is 5.73 Å². The first-order chi connectivity index (χ1) is 7.83. The van der Waals surface area contributed by atoms with Crippen LogP contribution in [-0.2, 0) is 13.1 Å². The van der Waals surface area contributed by atoms with Gasteiger partial charge in [-0.3, -0.25) is 9.58 Å². The summed E-state index contributed by atoms with van der Waals surface area (Å²) in [6.07, 6.45) is 6.52. The molecule has 1 saturated carbocycles. The monoisotopic (exact) mass is 221 g/mol. The zero-order valence-corrected chi connectivity index (χ0v) is 9.55. The smallest absolute Gasteiger partial charge is 0.0962 e. The van der Waals surface area contributed by atoms with E-state index in [0.29, 0.717) is 6.54 Å². The van der Waals surface area contributed by atoms with Crippen molar-refractivity contribution in [2.75, 3.05) is 13.1 Å². The molecule has 88 valence electrons. The fourth-order valence-corrected chi connectivity index (χ4v) is 1.80. The zero-order valence-electron chi connectivity index (χ0n) is 9.55. The maximum absolute atomic E-state index is 5.49. The second kappa shape index (κ2) is 5.23. The van der Waals surface area contributed by atoms with Crippen LogP contribution < -0.4 is 5.73 Å². The van der Waals surface area contributed by atoms with Gasteiger partial charge in [-0.1, -0.05) is 11.3 Å². The van der Waals surface area contributed by atoms with E-state index in [9.17, 15) is 0 Å². The maximum Gasteiger partial charge on any atom is 0.0962 e. The molecule has 0 aliphatic heterocycles. The Kier molecular flexibility index (Phi) is 3.69. The number of hydrogen-bond donors (Lipinski definition) is 1. The van der Waals surface area contributed by atoms with Crippen molar-refractivity contribution in [1.29, 1.82) is 0 Å².